The summed E-state index contributed by atoms with van der Waals surface area (Å²) >= 11 is 1.73. The minimum atomic E-state index is 0.986. The van der Waals surface area contributed by atoms with Crippen molar-refractivity contribution in [2.75, 3.05) is 11.9 Å². The lowest BCUT2D eigenvalue weighted by Gasteiger charge is -2.05. The standard InChI is InChI=1S/C14H18N2S/c1-4-8-15-14-16-9-13(17-14)12-7-5-6-10(2)11(12)3/h5-7,9H,4,8H2,1-3H3,(H,15,16). The fourth-order valence-electron chi connectivity index (χ4n) is 1.73. The van der Waals surface area contributed by atoms with Crippen molar-refractivity contribution in [1.29, 1.82) is 0 Å². The molecule has 1 aromatic heterocycles. The van der Waals surface area contributed by atoms with E-state index in [4.69, 9.17) is 0 Å². The first-order valence-electron chi connectivity index (χ1n) is 5.98. The molecule has 2 rings (SSSR count). The van der Waals surface area contributed by atoms with Gasteiger partial charge in [-0.1, -0.05) is 36.5 Å². The second-order valence-electron chi connectivity index (χ2n) is 4.20. The van der Waals surface area contributed by atoms with Crippen LogP contribution in [0.5, 0.6) is 0 Å². The number of rotatable bonds is 4. The summed E-state index contributed by atoms with van der Waals surface area (Å²) in [5.41, 5.74) is 3.98. The molecule has 0 spiro atoms. The van der Waals surface area contributed by atoms with Gasteiger partial charge in [0.1, 0.15) is 0 Å². The molecule has 0 aliphatic heterocycles. The van der Waals surface area contributed by atoms with Crippen LogP contribution >= 0.6 is 11.3 Å². The lowest BCUT2D eigenvalue weighted by molar-refractivity contribution is 0.976. The summed E-state index contributed by atoms with van der Waals surface area (Å²) in [5, 5.41) is 4.34. The molecule has 0 amide bonds. The van der Waals surface area contributed by atoms with Gasteiger partial charge in [-0.2, -0.15) is 0 Å². The van der Waals surface area contributed by atoms with Gasteiger partial charge in [0, 0.05) is 12.7 Å². The Labute approximate surface area is 107 Å². The molecule has 0 bridgehead atoms. The van der Waals surface area contributed by atoms with Gasteiger partial charge in [0.15, 0.2) is 5.13 Å². The van der Waals surface area contributed by atoms with Crippen LogP contribution in [0.2, 0.25) is 0 Å². The van der Waals surface area contributed by atoms with E-state index in [1.165, 1.54) is 21.6 Å². The Hall–Kier alpha value is -1.35. The molecule has 1 heterocycles. The van der Waals surface area contributed by atoms with Crippen LogP contribution in [0.1, 0.15) is 24.5 Å². The average molecular weight is 246 g/mol. The largest absolute Gasteiger partial charge is 0.362 e. The lowest BCUT2D eigenvalue weighted by Crippen LogP contribution is -1.97. The Balaban J connectivity index is 2.27. The number of hydrogen-bond acceptors (Lipinski definition) is 3. The van der Waals surface area contributed by atoms with Crippen molar-refractivity contribution < 1.29 is 0 Å². The molecule has 90 valence electrons. The number of aromatic nitrogens is 1. The van der Waals surface area contributed by atoms with E-state index in [9.17, 15) is 0 Å². The molecule has 0 unspecified atom stereocenters. The Morgan fingerprint density at radius 1 is 1.29 bits per heavy atom. The summed E-state index contributed by atoms with van der Waals surface area (Å²) in [6.45, 7) is 7.46. The molecule has 0 atom stereocenters. The first-order valence-corrected chi connectivity index (χ1v) is 6.80. The molecule has 0 aliphatic rings. The predicted octanol–water partition coefficient (Wildman–Crippen LogP) is 4.25. The lowest BCUT2D eigenvalue weighted by atomic mass is 10.0. The van der Waals surface area contributed by atoms with E-state index >= 15 is 0 Å². The quantitative estimate of drug-likeness (QED) is 0.872. The first kappa shape index (κ1) is 12.1. The Morgan fingerprint density at radius 3 is 2.88 bits per heavy atom. The fraction of sp³-hybridized carbons (Fsp3) is 0.357. The van der Waals surface area contributed by atoms with Gasteiger partial charge in [0.05, 0.1) is 4.88 Å². The minimum Gasteiger partial charge on any atom is -0.362 e. The van der Waals surface area contributed by atoms with Crippen LogP contribution in [0.4, 0.5) is 5.13 Å². The van der Waals surface area contributed by atoms with Crippen LogP contribution in [0.25, 0.3) is 10.4 Å². The van der Waals surface area contributed by atoms with Gasteiger partial charge in [-0.05, 0) is 37.0 Å². The number of benzene rings is 1. The van der Waals surface area contributed by atoms with Crippen molar-refractivity contribution >= 4 is 16.5 Å². The summed E-state index contributed by atoms with van der Waals surface area (Å²) in [6, 6.07) is 6.42. The van der Waals surface area contributed by atoms with Crippen molar-refractivity contribution in [3.05, 3.63) is 35.5 Å². The highest BCUT2D eigenvalue weighted by Gasteiger charge is 2.07. The van der Waals surface area contributed by atoms with Gasteiger partial charge in [0.25, 0.3) is 0 Å². The summed E-state index contributed by atoms with van der Waals surface area (Å²) in [5.74, 6) is 0. The van der Waals surface area contributed by atoms with Crippen molar-refractivity contribution in [3.63, 3.8) is 0 Å². The van der Waals surface area contributed by atoms with Crippen LogP contribution in [0, 0.1) is 13.8 Å². The van der Waals surface area contributed by atoms with Gasteiger partial charge in [-0.3, -0.25) is 0 Å². The second kappa shape index (κ2) is 5.32. The minimum absolute atomic E-state index is 0.986. The normalized spacial score (nSPS) is 10.5. The summed E-state index contributed by atoms with van der Waals surface area (Å²) < 4.78 is 0. The maximum atomic E-state index is 4.41. The van der Waals surface area contributed by atoms with Gasteiger partial charge < -0.3 is 5.32 Å². The summed E-state index contributed by atoms with van der Waals surface area (Å²) in [6.07, 6.45) is 3.09. The first-order chi connectivity index (χ1) is 8.22. The van der Waals surface area contributed by atoms with E-state index in [2.05, 4.69) is 49.3 Å². The van der Waals surface area contributed by atoms with Crippen molar-refractivity contribution in [1.82, 2.24) is 4.98 Å². The van der Waals surface area contributed by atoms with Crippen molar-refractivity contribution in [2.45, 2.75) is 27.2 Å². The smallest absolute Gasteiger partial charge is 0.183 e. The molecule has 0 aliphatic carbocycles. The SMILES string of the molecule is CCCNc1ncc(-c2cccc(C)c2C)s1. The zero-order valence-corrected chi connectivity index (χ0v) is 11.4. The van der Waals surface area contributed by atoms with Crippen LogP contribution in [-0.2, 0) is 0 Å². The molecule has 3 heteroatoms. The van der Waals surface area contributed by atoms with Crippen LogP contribution in [0.3, 0.4) is 0 Å². The number of aryl methyl sites for hydroxylation is 1. The number of nitrogens with zero attached hydrogens (tertiary/aromatic N) is 1. The summed E-state index contributed by atoms with van der Waals surface area (Å²) in [7, 11) is 0. The van der Waals surface area contributed by atoms with E-state index in [-0.39, 0.29) is 0 Å². The van der Waals surface area contributed by atoms with Gasteiger partial charge in [-0.25, -0.2) is 4.98 Å². The average Bonchev–Trinajstić information content (AvgIpc) is 2.78. The molecule has 17 heavy (non-hydrogen) atoms. The Morgan fingerprint density at radius 2 is 2.12 bits per heavy atom. The number of anilines is 1. The molecule has 0 radical (unpaired) electrons. The molecule has 2 aromatic rings. The van der Waals surface area contributed by atoms with Crippen molar-refractivity contribution in [2.24, 2.45) is 0 Å². The number of nitrogens with one attached hydrogen (secondary N) is 1. The van der Waals surface area contributed by atoms with E-state index in [1.807, 2.05) is 6.20 Å². The Kier molecular flexibility index (Phi) is 3.79. The van der Waals surface area contributed by atoms with Gasteiger partial charge in [-0.15, -0.1) is 0 Å². The fourth-order valence-corrected chi connectivity index (χ4v) is 2.65. The molecule has 0 fully saturated rings. The van der Waals surface area contributed by atoms with Crippen LogP contribution < -0.4 is 5.32 Å². The zero-order chi connectivity index (χ0) is 12.3. The van der Waals surface area contributed by atoms with E-state index in [0.29, 0.717) is 0 Å². The van der Waals surface area contributed by atoms with Crippen LogP contribution in [-0.4, -0.2) is 11.5 Å². The maximum absolute atomic E-state index is 4.41. The third kappa shape index (κ3) is 2.67. The number of thiazole rings is 1. The van der Waals surface area contributed by atoms with Gasteiger partial charge in [0.2, 0.25) is 0 Å². The molecular formula is C14H18N2S. The topological polar surface area (TPSA) is 24.9 Å². The van der Waals surface area contributed by atoms with Gasteiger partial charge >= 0.3 is 0 Å². The molecule has 1 N–H and O–H groups in total. The molecule has 0 saturated carbocycles. The predicted molar refractivity (Wildman–Crippen MR) is 75.8 cm³/mol. The highest BCUT2D eigenvalue weighted by molar-refractivity contribution is 7.18. The third-order valence-electron chi connectivity index (χ3n) is 2.90. The van der Waals surface area contributed by atoms with E-state index in [1.54, 1.807) is 11.3 Å². The second-order valence-corrected chi connectivity index (χ2v) is 5.23. The molecule has 1 aromatic carbocycles. The molecule has 2 nitrogen and oxygen atoms in total. The highest BCUT2D eigenvalue weighted by Crippen LogP contribution is 2.32. The Bertz CT molecular complexity index is 503. The highest BCUT2D eigenvalue weighted by atomic mass is 32.1. The third-order valence-corrected chi connectivity index (χ3v) is 3.89. The monoisotopic (exact) mass is 246 g/mol. The summed E-state index contributed by atoms with van der Waals surface area (Å²) in [4.78, 5) is 5.65. The van der Waals surface area contributed by atoms with Crippen molar-refractivity contribution in [3.8, 4) is 10.4 Å². The van der Waals surface area contributed by atoms with E-state index < -0.39 is 0 Å². The molecular weight excluding hydrogens is 228 g/mol. The molecule has 0 saturated heterocycles. The maximum Gasteiger partial charge on any atom is 0.183 e. The van der Waals surface area contributed by atoms with Crippen LogP contribution in [0.15, 0.2) is 24.4 Å². The number of hydrogen-bond donors (Lipinski definition) is 1. The van der Waals surface area contributed by atoms with E-state index in [0.717, 1.165) is 18.1 Å². The zero-order valence-electron chi connectivity index (χ0n) is 10.6.